The predicted molar refractivity (Wildman–Crippen MR) is 101 cm³/mol. The second-order valence-corrected chi connectivity index (χ2v) is 7.48. The molecular weight excluding hydrogens is 316 g/mol. The number of anilines is 1. The average Bonchev–Trinajstić information content (AvgIpc) is 2.91. The fourth-order valence-electron chi connectivity index (χ4n) is 3.44. The minimum Gasteiger partial charge on any atom is -0.326 e. The second-order valence-electron chi connectivity index (χ2n) is 6.60. The van der Waals surface area contributed by atoms with E-state index in [1.54, 1.807) is 11.8 Å². The summed E-state index contributed by atoms with van der Waals surface area (Å²) in [4.78, 5) is 17.3. The number of carbonyl (C=O) groups excluding carboxylic acids is 1. The van der Waals surface area contributed by atoms with E-state index in [-0.39, 0.29) is 11.9 Å². The Kier molecular flexibility index (Phi) is 5.27. The van der Waals surface area contributed by atoms with E-state index in [1.165, 1.54) is 20.9 Å². The van der Waals surface area contributed by atoms with Gasteiger partial charge in [0.1, 0.15) is 6.54 Å². The first-order valence-electron chi connectivity index (χ1n) is 8.42. The van der Waals surface area contributed by atoms with Gasteiger partial charge >= 0.3 is 0 Å². The number of fused-ring (bicyclic) bond motifs is 1. The number of likely N-dealkylation sites (N-methyl/N-ethyl adjacent to an activating group) is 1. The van der Waals surface area contributed by atoms with Gasteiger partial charge in [0, 0.05) is 22.2 Å². The Labute approximate surface area is 148 Å². The highest BCUT2D eigenvalue weighted by molar-refractivity contribution is 7.98. The molecule has 0 bridgehead atoms. The number of hydrogen-bond acceptors (Lipinski definition) is 2. The van der Waals surface area contributed by atoms with Gasteiger partial charge in [-0.1, -0.05) is 30.3 Å². The Hall–Kier alpha value is -1.78. The fraction of sp³-hybridized carbons (Fsp3) is 0.350. The van der Waals surface area contributed by atoms with Gasteiger partial charge in [-0.05, 0) is 43.4 Å². The molecule has 4 heteroatoms. The number of rotatable bonds is 5. The van der Waals surface area contributed by atoms with Gasteiger partial charge in [0.15, 0.2) is 6.54 Å². The minimum absolute atomic E-state index is 0.214. The van der Waals surface area contributed by atoms with Gasteiger partial charge in [0.2, 0.25) is 0 Å². The van der Waals surface area contributed by atoms with Crippen LogP contribution in [0.5, 0.6) is 0 Å². The van der Waals surface area contributed by atoms with Crippen LogP contribution < -0.4 is 9.80 Å². The number of nitrogens with zero attached hydrogens (tertiary/aromatic N) is 1. The Morgan fingerprint density at radius 3 is 2.62 bits per heavy atom. The zero-order valence-electron chi connectivity index (χ0n) is 14.6. The lowest BCUT2D eigenvalue weighted by Crippen LogP contribution is -3.09. The first-order valence-corrected chi connectivity index (χ1v) is 9.65. The third-order valence-corrected chi connectivity index (χ3v) is 5.34. The number of carbonyl (C=O) groups is 1. The number of para-hydroxylation sites is 1. The lowest BCUT2D eigenvalue weighted by Gasteiger charge is -2.24. The Morgan fingerprint density at radius 2 is 1.92 bits per heavy atom. The van der Waals surface area contributed by atoms with Gasteiger partial charge in [0.25, 0.3) is 5.91 Å². The van der Waals surface area contributed by atoms with Crippen molar-refractivity contribution >= 4 is 23.4 Å². The smallest absolute Gasteiger partial charge is 0.282 e. The number of hydrogen-bond donors (Lipinski definition) is 1. The molecule has 2 aromatic rings. The molecule has 2 atom stereocenters. The van der Waals surface area contributed by atoms with Crippen LogP contribution in [0, 0.1) is 0 Å². The van der Waals surface area contributed by atoms with Crippen molar-refractivity contribution < 1.29 is 9.69 Å². The van der Waals surface area contributed by atoms with Gasteiger partial charge in [-0.3, -0.25) is 4.79 Å². The molecule has 24 heavy (non-hydrogen) atoms. The third kappa shape index (κ3) is 3.65. The molecule has 0 radical (unpaired) electrons. The maximum absolute atomic E-state index is 12.8. The summed E-state index contributed by atoms with van der Waals surface area (Å²) in [5.41, 5.74) is 3.64. The summed E-state index contributed by atoms with van der Waals surface area (Å²) in [6.45, 7) is 3.52. The number of quaternary nitrogens is 1. The fourth-order valence-corrected chi connectivity index (χ4v) is 3.85. The Bertz CT molecular complexity index is 714. The lowest BCUT2D eigenvalue weighted by atomic mass is 10.1. The van der Waals surface area contributed by atoms with E-state index in [0.29, 0.717) is 6.54 Å². The Balaban J connectivity index is 1.63. The first-order chi connectivity index (χ1) is 11.6. The van der Waals surface area contributed by atoms with Crippen LogP contribution in [-0.2, 0) is 17.8 Å². The van der Waals surface area contributed by atoms with Gasteiger partial charge in [-0.15, -0.1) is 11.8 Å². The van der Waals surface area contributed by atoms with Gasteiger partial charge in [-0.25, -0.2) is 0 Å². The normalized spacial score (nSPS) is 17.6. The molecule has 1 N–H and O–H groups in total. The molecule has 0 saturated heterocycles. The minimum atomic E-state index is 0.214. The number of benzene rings is 2. The quantitative estimate of drug-likeness (QED) is 0.845. The maximum atomic E-state index is 12.8. The van der Waals surface area contributed by atoms with Crippen LogP contribution in [0.3, 0.4) is 0 Å². The molecule has 0 fully saturated rings. The van der Waals surface area contributed by atoms with Gasteiger partial charge in [0.05, 0.1) is 7.05 Å². The molecule has 1 amide bonds. The zero-order valence-corrected chi connectivity index (χ0v) is 15.4. The van der Waals surface area contributed by atoms with E-state index in [0.717, 1.165) is 18.7 Å². The van der Waals surface area contributed by atoms with E-state index >= 15 is 0 Å². The van der Waals surface area contributed by atoms with Crippen LogP contribution in [0.2, 0.25) is 0 Å². The van der Waals surface area contributed by atoms with Crippen molar-refractivity contribution in [2.75, 3.05) is 24.7 Å². The van der Waals surface area contributed by atoms with Crippen molar-refractivity contribution in [2.45, 2.75) is 30.8 Å². The van der Waals surface area contributed by atoms with Crippen LogP contribution in [0.15, 0.2) is 53.4 Å². The molecular formula is C20H25N2OS+. The summed E-state index contributed by atoms with van der Waals surface area (Å²) >= 11 is 1.75. The van der Waals surface area contributed by atoms with Crippen LogP contribution in [0.4, 0.5) is 5.69 Å². The van der Waals surface area contributed by atoms with Gasteiger partial charge in [-0.2, -0.15) is 0 Å². The molecule has 1 unspecified atom stereocenters. The number of thioether (sulfide) groups is 1. The van der Waals surface area contributed by atoms with Crippen molar-refractivity contribution in [3.05, 3.63) is 59.7 Å². The number of nitrogens with one attached hydrogen (secondary N) is 1. The molecule has 2 aromatic carbocycles. The van der Waals surface area contributed by atoms with Crippen molar-refractivity contribution in [3.63, 3.8) is 0 Å². The van der Waals surface area contributed by atoms with Crippen LogP contribution in [0.25, 0.3) is 0 Å². The summed E-state index contributed by atoms with van der Waals surface area (Å²) in [6, 6.07) is 17.1. The summed E-state index contributed by atoms with van der Waals surface area (Å²) < 4.78 is 0. The highest BCUT2D eigenvalue weighted by atomic mass is 32.2. The summed E-state index contributed by atoms with van der Waals surface area (Å²) in [5.74, 6) is 0.214. The van der Waals surface area contributed by atoms with Crippen molar-refractivity contribution in [1.82, 2.24) is 0 Å². The summed E-state index contributed by atoms with van der Waals surface area (Å²) in [6.07, 6.45) is 3.04. The van der Waals surface area contributed by atoms with Crippen LogP contribution in [-0.4, -0.2) is 31.8 Å². The standard InChI is InChI=1S/C20H24N2OS/c1-15-12-17-6-4-5-7-19(17)22(15)20(23)14-21(2)13-16-8-10-18(24-3)11-9-16/h4-11,15H,12-14H2,1-3H3/p+1/t15-/m1/s1. The topological polar surface area (TPSA) is 24.8 Å². The summed E-state index contributed by atoms with van der Waals surface area (Å²) in [7, 11) is 2.09. The molecule has 1 aliphatic rings. The molecule has 126 valence electrons. The van der Waals surface area contributed by atoms with E-state index in [2.05, 4.69) is 62.7 Å². The highest BCUT2D eigenvalue weighted by Gasteiger charge is 2.31. The molecule has 3 nitrogen and oxygen atoms in total. The first kappa shape index (κ1) is 17.1. The zero-order chi connectivity index (χ0) is 17.1. The molecule has 0 spiro atoms. The number of amides is 1. The highest BCUT2D eigenvalue weighted by Crippen LogP contribution is 2.31. The second kappa shape index (κ2) is 7.41. The molecule has 3 rings (SSSR count). The summed E-state index contributed by atoms with van der Waals surface area (Å²) in [5, 5.41) is 0. The molecule has 0 aliphatic carbocycles. The molecule has 1 aliphatic heterocycles. The van der Waals surface area contributed by atoms with Crippen LogP contribution >= 0.6 is 11.8 Å². The van der Waals surface area contributed by atoms with E-state index in [4.69, 9.17) is 0 Å². The van der Waals surface area contributed by atoms with Gasteiger partial charge < -0.3 is 9.80 Å². The molecule has 0 saturated carbocycles. The van der Waals surface area contributed by atoms with E-state index in [1.807, 2.05) is 11.0 Å². The van der Waals surface area contributed by atoms with Crippen LogP contribution in [0.1, 0.15) is 18.1 Å². The van der Waals surface area contributed by atoms with Crippen molar-refractivity contribution in [2.24, 2.45) is 0 Å². The van der Waals surface area contributed by atoms with Crippen molar-refractivity contribution in [3.8, 4) is 0 Å². The maximum Gasteiger partial charge on any atom is 0.282 e. The largest absolute Gasteiger partial charge is 0.326 e. The lowest BCUT2D eigenvalue weighted by molar-refractivity contribution is -0.885. The molecule has 0 aromatic heterocycles. The van der Waals surface area contributed by atoms with E-state index in [9.17, 15) is 4.79 Å². The predicted octanol–water partition coefficient (Wildman–Crippen LogP) is 2.40. The van der Waals surface area contributed by atoms with Crippen molar-refractivity contribution in [1.29, 1.82) is 0 Å². The van der Waals surface area contributed by atoms with E-state index < -0.39 is 0 Å². The molecule has 1 heterocycles. The average molecular weight is 342 g/mol. The Morgan fingerprint density at radius 1 is 1.21 bits per heavy atom. The third-order valence-electron chi connectivity index (χ3n) is 4.59. The monoisotopic (exact) mass is 341 g/mol. The SMILES string of the molecule is CSc1ccc(C[NH+](C)CC(=O)N2c3ccccc3C[C@H]2C)cc1.